The highest BCUT2D eigenvalue weighted by molar-refractivity contribution is 5.84. The van der Waals surface area contributed by atoms with E-state index in [1.165, 1.54) is 12.8 Å². The molecule has 1 aromatic heterocycles. The number of amides is 1. The van der Waals surface area contributed by atoms with Gasteiger partial charge in [-0.2, -0.15) is 5.10 Å². The summed E-state index contributed by atoms with van der Waals surface area (Å²) in [6, 6.07) is -0.509. The first-order valence-electron chi connectivity index (χ1n) is 8.64. The Morgan fingerprint density at radius 3 is 2.70 bits per heavy atom. The predicted octanol–water partition coefficient (Wildman–Crippen LogP) is 2.36. The molecular weight excluding hydrogens is 294 g/mol. The van der Waals surface area contributed by atoms with E-state index in [2.05, 4.69) is 15.5 Å². The molecule has 1 fully saturated rings. The second kappa shape index (κ2) is 9.33. The highest BCUT2D eigenvalue weighted by atomic mass is 16.5. The van der Waals surface area contributed by atoms with Crippen LogP contribution < -0.4 is 5.32 Å². The molecule has 0 spiro atoms. The zero-order valence-corrected chi connectivity index (χ0v) is 13.8. The molecule has 0 aromatic carbocycles. The summed E-state index contributed by atoms with van der Waals surface area (Å²) in [6.07, 6.45) is 11.1. The fraction of sp³-hybridized carbons (Fsp3) is 0.706. The van der Waals surface area contributed by atoms with Crippen molar-refractivity contribution in [2.24, 2.45) is 5.92 Å². The van der Waals surface area contributed by atoms with Gasteiger partial charge in [-0.1, -0.05) is 25.7 Å². The van der Waals surface area contributed by atoms with Gasteiger partial charge in [-0.3, -0.25) is 9.89 Å². The lowest BCUT2D eigenvalue weighted by Crippen LogP contribution is -2.47. The van der Waals surface area contributed by atoms with Gasteiger partial charge in [0, 0.05) is 12.6 Å². The zero-order valence-electron chi connectivity index (χ0n) is 13.8. The van der Waals surface area contributed by atoms with Gasteiger partial charge in [0.25, 0.3) is 0 Å². The zero-order chi connectivity index (χ0) is 16.5. The summed E-state index contributed by atoms with van der Waals surface area (Å²) in [5.74, 6) is -0.209. The smallest absolute Gasteiger partial charge is 0.328 e. The van der Waals surface area contributed by atoms with E-state index in [0.29, 0.717) is 19.4 Å². The molecule has 0 radical (unpaired) electrons. The molecule has 0 saturated heterocycles. The largest absolute Gasteiger partial charge is 0.464 e. The van der Waals surface area contributed by atoms with E-state index in [-0.39, 0.29) is 17.8 Å². The molecule has 1 atom stereocenters. The number of hydrogen-bond acceptors (Lipinski definition) is 4. The molecule has 1 aliphatic carbocycles. The lowest BCUT2D eigenvalue weighted by molar-refractivity contribution is -0.149. The van der Waals surface area contributed by atoms with Gasteiger partial charge in [0.15, 0.2) is 0 Å². The van der Waals surface area contributed by atoms with Crippen LogP contribution >= 0.6 is 0 Å². The standard InChI is InChI=1S/C17H27N3O3/c1-2-23-17(22)16(14-7-5-3-4-6-8-14)20-15(21)10-9-13-11-18-19-12-13/h11-12,14,16H,2-10H2,1H3,(H,18,19)(H,20,21). The number of aromatic amines is 1. The second-order valence-corrected chi connectivity index (χ2v) is 6.16. The highest BCUT2D eigenvalue weighted by Gasteiger charge is 2.31. The Bertz CT molecular complexity index is 479. The van der Waals surface area contributed by atoms with Crippen LogP contribution in [0.3, 0.4) is 0 Å². The molecule has 1 aliphatic rings. The maximum Gasteiger partial charge on any atom is 0.328 e. The van der Waals surface area contributed by atoms with E-state index >= 15 is 0 Å². The number of aromatic nitrogens is 2. The number of carbonyl (C=O) groups is 2. The third-order valence-electron chi connectivity index (χ3n) is 4.42. The quantitative estimate of drug-likeness (QED) is 0.596. The maximum atomic E-state index is 12.3. The van der Waals surface area contributed by atoms with Gasteiger partial charge in [-0.15, -0.1) is 0 Å². The van der Waals surface area contributed by atoms with Crippen molar-refractivity contribution in [3.8, 4) is 0 Å². The number of nitrogens with zero attached hydrogens (tertiary/aromatic N) is 1. The third-order valence-corrected chi connectivity index (χ3v) is 4.42. The number of rotatable bonds is 7. The molecule has 1 saturated carbocycles. The molecular formula is C17H27N3O3. The molecule has 23 heavy (non-hydrogen) atoms. The Balaban J connectivity index is 1.92. The molecule has 0 bridgehead atoms. The van der Waals surface area contributed by atoms with Gasteiger partial charge < -0.3 is 10.1 Å². The van der Waals surface area contributed by atoms with Crippen molar-refractivity contribution in [3.05, 3.63) is 18.0 Å². The number of nitrogens with one attached hydrogen (secondary N) is 2. The van der Waals surface area contributed by atoms with Crippen LogP contribution in [0.5, 0.6) is 0 Å². The van der Waals surface area contributed by atoms with E-state index in [0.717, 1.165) is 31.2 Å². The lowest BCUT2D eigenvalue weighted by Gasteiger charge is -2.25. The van der Waals surface area contributed by atoms with E-state index in [4.69, 9.17) is 4.74 Å². The Morgan fingerprint density at radius 1 is 1.35 bits per heavy atom. The molecule has 128 valence electrons. The summed E-state index contributed by atoms with van der Waals surface area (Å²) in [5.41, 5.74) is 0.988. The SMILES string of the molecule is CCOC(=O)C(NC(=O)CCc1cn[nH]c1)C1CCCCCC1. The van der Waals surface area contributed by atoms with Crippen LogP contribution in [-0.4, -0.2) is 34.7 Å². The van der Waals surface area contributed by atoms with Gasteiger partial charge in [0.05, 0.1) is 12.8 Å². The van der Waals surface area contributed by atoms with E-state index in [9.17, 15) is 9.59 Å². The van der Waals surface area contributed by atoms with Crippen molar-refractivity contribution >= 4 is 11.9 Å². The molecule has 2 N–H and O–H groups in total. The predicted molar refractivity (Wildman–Crippen MR) is 86.7 cm³/mol. The summed E-state index contributed by atoms with van der Waals surface area (Å²) in [4.78, 5) is 24.5. The van der Waals surface area contributed by atoms with Crippen LogP contribution in [0.1, 0.15) is 57.4 Å². The number of aryl methyl sites for hydroxylation is 1. The topological polar surface area (TPSA) is 84.1 Å². The lowest BCUT2D eigenvalue weighted by atomic mass is 9.91. The normalized spacial score (nSPS) is 17.3. The van der Waals surface area contributed by atoms with Gasteiger partial charge in [0.1, 0.15) is 6.04 Å². The van der Waals surface area contributed by atoms with E-state index in [1.807, 2.05) is 0 Å². The van der Waals surface area contributed by atoms with Crippen molar-refractivity contribution < 1.29 is 14.3 Å². The third kappa shape index (κ3) is 5.69. The monoisotopic (exact) mass is 321 g/mol. The summed E-state index contributed by atoms with van der Waals surface area (Å²) >= 11 is 0. The molecule has 1 heterocycles. The Morgan fingerprint density at radius 2 is 2.09 bits per heavy atom. The molecule has 1 aromatic rings. The maximum absolute atomic E-state index is 12.3. The summed E-state index contributed by atoms with van der Waals surface area (Å²) in [7, 11) is 0. The average Bonchev–Trinajstić information content (AvgIpc) is 2.92. The Labute approximate surface area is 137 Å². The van der Waals surface area contributed by atoms with Crippen LogP contribution in [0, 0.1) is 5.92 Å². The molecule has 1 unspecified atom stereocenters. The van der Waals surface area contributed by atoms with Crippen LogP contribution in [0.4, 0.5) is 0 Å². The molecule has 6 heteroatoms. The van der Waals surface area contributed by atoms with Crippen LogP contribution in [0.2, 0.25) is 0 Å². The minimum atomic E-state index is -0.509. The van der Waals surface area contributed by atoms with Crippen molar-refractivity contribution in [1.29, 1.82) is 0 Å². The Hall–Kier alpha value is -1.85. The first-order valence-corrected chi connectivity index (χ1v) is 8.64. The van der Waals surface area contributed by atoms with E-state index in [1.54, 1.807) is 19.3 Å². The van der Waals surface area contributed by atoms with Gasteiger partial charge in [-0.05, 0) is 37.7 Å². The van der Waals surface area contributed by atoms with Crippen molar-refractivity contribution in [2.75, 3.05) is 6.61 Å². The highest BCUT2D eigenvalue weighted by Crippen LogP contribution is 2.26. The van der Waals surface area contributed by atoms with Crippen LogP contribution in [0.15, 0.2) is 12.4 Å². The first kappa shape index (κ1) is 17.5. The van der Waals surface area contributed by atoms with Gasteiger partial charge >= 0.3 is 5.97 Å². The van der Waals surface area contributed by atoms with E-state index < -0.39 is 6.04 Å². The van der Waals surface area contributed by atoms with Gasteiger partial charge in [-0.25, -0.2) is 4.79 Å². The molecule has 2 rings (SSSR count). The van der Waals surface area contributed by atoms with Crippen LogP contribution in [-0.2, 0) is 20.7 Å². The summed E-state index contributed by atoms with van der Waals surface area (Å²) in [6.45, 7) is 2.13. The van der Waals surface area contributed by atoms with Gasteiger partial charge in [0.2, 0.25) is 5.91 Å². The number of esters is 1. The number of H-pyrrole nitrogens is 1. The molecule has 6 nitrogen and oxygen atoms in total. The molecule has 1 amide bonds. The molecule has 0 aliphatic heterocycles. The van der Waals surface area contributed by atoms with Crippen molar-refractivity contribution in [1.82, 2.24) is 15.5 Å². The minimum absolute atomic E-state index is 0.103. The first-order chi connectivity index (χ1) is 11.2. The average molecular weight is 321 g/mol. The summed E-state index contributed by atoms with van der Waals surface area (Å²) < 4.78 is 5.18. The summed E-state index contributed by atoms with van der Waals surface area (Å²) in [5, 5.41) is 9.52. The fourth-order valence-corrected chi connectivity index (χ4v) is 3.16. The second-order valence-electron chi connectivity index (χ2n) is 6.16. The Kier molecular flexibility index (Phi) is 7.10. The number of ether oxygens (including phenoxy) is 1. The minimum Gasteiger partial charge on any atom is -0.464 e. The number of hydrogen-bond donors (Lipinski definition) is 2. The number of carbonyl (C=O) groups excluding carboxylic acids is 2. The fourth-order valence-electron chi connectivity index (χ4n) is 3.16. The van der Waals surface area contributed by atoms with Crippen molar-refractivity contribution in [2.45, 2.75) is 64.3 Å². The van der Waals surface area contributed by atoms with Crippen molar-refractivity contribution in [3.63, 3.8) is 0 Å². The van der Waals surface area contributed by atoms with Crippen LogP contribution in [0.25, 0.3) is 0 Å².